The summed E-state index contributed by atoms with van der Waals surface area (Å²) in [6.45, 7) is 0. The van der Waals surface area contributed by atoms with Crippen molar-refractivity contribution in [3.05, 3.63) is 60.2 Å². The lowest BCUT2D eigenvalue weighted by molar-refractivity contribution is 0.102. The number of aromatic nitrogens is 2. The van der Waals surface area contributed by atoms with Gasteiger partial charge in [-0.2, -0.15) is 5.10 Å². The van der Waals surface area contributed by atoms with Crippen LogP contribution in [0.25, 0.3) is 11.5 Å². The van der Waals surface area contributed by atoms with Gasteiger partial charge in [0.1, 0.15) is 11.5 Å². The van der Waals surface area contributed by atoms with E-state index in [-0.39, 0.29) is 11.4 Å². The maximum Gasteiger partial charge on any atom is 0.276 e. The van der Waals surface area contributed by atoms with Gasteiger partial charge in [-0.05, 0) is 24.3 Å². The molecule has 0 aliphatic heterocycles. The standard InChI is InChI=1S/C14H10FN3O2/c15-9-4-1-2-5-10(9)16-14(19)12-8-11(17-18-12)13-6-3-7-20-13/h1-8H,(H,16,19)(H,17,18). The fraction of sp³-hybridized carbons (Fsp3) is 0. The number of para-hydroxylation sites is 1. The van der Waals surface area contributed by atoms with E-state index in [2.05, 4.69) is 15.5 Å². The molecule has 2 heterocycles. The molecular formula is C14H10FN3O2. The zero-order valence-electron chi connectivity index (χ0n) is 10.3. The van der Waals surface area contributed by atoms with Gasteiger partial charge in [-0.1, -0.05) is 12.1 Å². The molecule has 0 saturated carbocycles. The van der Waals surface area contributed by atoms with Crippen LogP contribution in [0.4, 0.5) is 10.1 Å². The summed E-state index contributed by atoms with van der Waals surface area (Å²) < 4.78 is 18.6. The summed E-state index contributed by atoms with van der Waals surface area (Å²) in [6.07, 6.45) is 1.52. The molecule has 0 atom stereocenters. The fourth-order valence-electron chi connectivity index (χ4n) is 1.75. The molecule has 5 nitrogen and oxygen atoms in total. The van der Waals surface area contributed by atoms with Crippen molar-refractivity contribution in [2.24, 2.45) is 0 Å². The van der Waals surface area contributed by atoms with Crippen molar-refractivity contribution in [1.29, 1.82) is 0 Å². The minimum atomic E-state index is -0.498. The van der Waals surface area contributed by atoms with Crippen LogP contribution in [0, 0.1) is 5.82 Å². The van der Waals surface area contributed by atoms with E-state index in [0.717, 1.165) is 0 Å². The Balaban J connectivity index is 1.80. The minimum absolute atomic E-state index is 0.111. The molecule has 20 heavy (non-hydrogen) atoms. The molecule has 2 N–H and O–H groups in total. The summed E-state index contributed by atoms with van der Waals surface area (Å²) in [5.41, 5.74) is 0.841. The molecular weight excluding hydrogens is 261 g/mol. The van der Waals surface area contributed by atoms with Crippen molar-refractivity contribution >= 4 is 11.6 Å². The number of halogens is 1. The zero-order chi connectivity index (χ0) is 13.9. The molecule has 0 unspecified atom stereocenters. The quantitative estimate of drug-likeness (QED) is 0.769. The predicted molar refractivity (Wildman–Crippen MR) is 70.6 cm³/mol. The SMILES string of the molecule is O=C(Nc1ccccc1F)c1cc(-c2ccco2)[nH]n1. The number of carbonyl (C=O) groups excluding carboxylic acids is 1. The number of nitrogens with one attached hydrogen (secondary N) is 2. The number of nitrogens with zero attached hydrogens (tertiary/aromatic N) is 1. The second kappa shape index (κ2) is 5.00. The summed E-state index contributed by atoms with van der Waals surface area (Å²) in [6, 6.07) is 10.9. The van der Waals surface area contributed by atoms with E-state index in [0.29, 0.717) is 11.5 Å². The van der Waals surface area contributed by atoms with E-state index < -0.39 is 11.7 Å². The molecule has 6 heteroatoms. The second-order valence-corrected chi connectivity index (χ2v) is 4.08. The first kappa shape index (κ1) is 12.2. The van der Waals surface area contributed by atoms with Gasteiger partial charge in [-0.25, -0.2) is 4.39 Å². The molecule has 3 aromatic rings. The molecule has 0 bridgehead atoms. The third-order valence-corrected chi connectivity index (χ3v) is 2.72. The molecule has 3 rings (SSSR count). The van der Waals surface area contributed by atoms with Gasteiger partial charge in [0.25, 0.3) is 5.91 Å². The topological polar surface area (TPSA) is 70.9 Å². The third kappa shape index (κ3) is 2.31. The number of hydrogen-bond acceptors (Lipinski definition) is 3. The van der Waals surface area contributed by atoms with Gasteiger partial charge in [-0.3, -0.25) is 9.89 Å². The Morgan fingerprint density at radius 3 is 2.85 bits per heavy atom. The van der Waals surface area contributed by atoms with Crippen LogP contribution in [0.15, 0.2) is 53.1 Å². The van der Waals surface area contributed by atoms with Crippen molar-refractivity contribution < 1.29 is 13.6 Å². The van der Waals surface area contributed by atoms with Crippen LogP contribution in [0.2, 0.25) is 0 Å². The summed E-state index contributed by atoms with van der Waals surface area (Å²) in [7, 11) is 0. The molecule has 2 aromatic heterocycles. The first-order chi connectivity index (χ1) is 9.74. The van der Waals surface area contributed by atoms with Crippen LogP contribution in [0.3, 0.4) is 0 Å². The van der Waals surface area contributed by atoms with E-state index in [1.54, 1.807) is 24.3 Å². The molecule has 0 spiro atoms. The van der Waals surface area contributed by atoms with Crippen molar-refractivity contribution in [3.8, 4) is 11.5 Å². The lowest BCUT2D eigenvalue weighted by Crippen LogP contribution is -2.13. The highest BCUT2D eigenvalue weighted by atomic mass is 19.1. The number of aromatic amines is 1. The molecule has 1 aromatic carbocycles. The maximum absolute atomic E-state index is 13.4. The van der Waals surface area contributed by atoms with E-state index >= 15 is 0 Å². The predicted octanol–water partition coefficient (Wildman–Crippen LogP) is 3.06. The van der Waals surface area contributed by atoms with Crippen molar-refractivity contribution in [2.45, 2.75) is 0 Å². The van der Waals surface area contributed by atoms with E-state index in [4.69, 9.17) is 4.42 Å². The number of carbonyl (C=O) groups is 1. The van der Waals surface area contributed by atoms with Crippen LogP contribution >= 0.6 is 0 Å². The van der Waals surface area contributed by atoms with Gasteiger partial charge in [0.2, 0.25) is 0 Å². The monoisotopic (exact) mass is 271 g/mol. The van der Waals surface area contributed by atoms with Crippen molar-refractivity contribution in [1.82, 2.24) is 10.2 Å². The Morgan fingerprint density at radius 1 is 1.25 bits per heavy atom. The van der Waals surface area contributed by atoms with Crippen LogP contribution < -0.4 is 5.32 Å². The third-order valence-electron chi connectivity index (χ3n) is 2.72. The number of amides is 1. The smallest absolute Gasteiger partial charge is 0.276 e. The van der Waals surface area contributed by atoms with E-state index in [9.17, 15) is 9.18 Å². The Kier molecular flexibility index (Phi) is 3.04. The highest BCUT2D eigenvalue weighted by molar-refractivity contribution is 6.03. The fourth-order valence-corrected chi connectivity index (χ4v) is 1.75. The van der Waals surface area contributed by atoms with Gasteiger partial charge >= 0.3 is 0 Å². The lowest BCUT2D eigenvalue weighted by Gasteiger charge is -2.03. The zero-order valence-corrected chi connectivity index (χ0v) is 10.3. The number of benzene rings is 1. The normalized spacial score (nSPS) is 10.4. The number of furan rings is 1. The van der Waals surface area contributed by atoms with Gasteiger partial charge in [-0.15, -0.1) is 0 Å². The van der Waals surface area contributed by atoms with Gasteiger partial charge < -0.3 is 9.73 Å². The highest BCUT2D eigenvalue weighted by Crippen LogP contribution is 2.19. The Morgan fingerprint density at radius 2 is 2.10 bits per heavy atom. The minimum Gasteiger partial charge on any atom is -0.463 e. The van der Waals surface area contributed by atoms with Gasteiger partial charge in [0.15, 0.2) is 11.5 Å². The first-order valence-corrected chi connectivity index (χ1v) is 5.89. The average molecular weight is 271 g/mol. The van der Waals surface area contributed by atoms with Crippen LogP contribution in [-0.2, 0) is 0 Å². The lowest BCUT2D eigenvalue weighted by atomic mass is 10.2. The summed E-state index contributed by atoms with van der Waals surface area (Å²) in [5.74, 6) is -0.422. The molecule has 100 valence electrons. The first-order valence-electron chi connectivity index (χ1n) is 5.89. The van der Waals surface area contributed by atoms with Gasteiger partial charge in [0, 0.05) is 6.07 Å². The number of rotatable bonds is 3. The number of anilines is 1. The van der Waals surface area contributed by atoms with E-state index in [1.165, 1.54) is 24.5 Å². The highest BCUT2D eigenvalue weighted by Gasteiger charge is 2.14. The largest absolute Gasteiger partial charge is 0.463 e. The van der Waals surface area contributed by atoms with Crippen LogP contribution in [0.5, 0.6) is 0 Å². The molecule has 0 radical (unpaired) electrons. The maximum atomic E-state index is 13.4. The second-order valence-electron chi connectivity index (χ2n) is 4.08. The van der Waals surface area contributed by atoms with E-state index in [1.807, 2.05) is 0 Å². The Labute approximate surface area is 113 Å². The van der Waals surface area contributed by atoms with Gasteiger partial charge in [0.05, 0.1) is 12.0 Å². The number of hydrogen-bond donors (Lipinski definition) is 2. The summed E-state index contributed by atoms with van der Waals surface area (Å²) >= 11 is 0. The van der Waals surface area contributed by atoms with Crippen molar-refractivity contribution in [3.63, 3.8) is 0 Å². The molecule has 0 fully saturated rings. The van der Waals surface area contributed by atoms with Crippen LogP contribution in [0.1, 0.15) is 10.5 Å². The summed E-state index contributed by atoms with van der Waals surface area (Å²) in [5, 5.41) is 9.03. The molecule has 0 aliphatic carbocycles. The van der Waals surface area contributed by atoms with Crippen LogP contribution in [-0.4, -0.2) is 16.1 Å². The Hall–Kier alpha value is -2.89. The van der Waals surface area contributed by atoms with Crippen molar-refractivity contribution in [2.75, 3.05) is 5.32 Å². The average Bonchev–Trinajstić information content (AvgIpc) is 3.11. The summed E-state index contributed by atoms with van der Waals surface area (Å²) in [4.78, 5) is 12.0. The molecule has 0 saturated heterocycles. The number of H-pyrrole nitrogens is 1. The molecule has 1 amide bonds. The molecule has 0 aliphatic rings. The Bertz CT molecular complexity index is 734.